The number of sulfonamides is 1. The van der Waals surface area contributed by atoms with Gasteiger partial charge in [0.15, 0.2) is 5.75 Å². The summed E-state index contributed by atoms with van der Waals surface area (Å²) in [6.07, 6.45) is 0. The van der Waals surface area contributed by atoms with Crippen LogP contribution in [0.4, 0.5) is 5.69 Å². The third-order valence-corrected chi connectivity index (χ3v) is 4.46. The molecule has 0 unspecified atom stereocenters. The summed E-state index contributed by atoms with van der Waals surface area (Å²) >= 11 is 11.5. The predicted molar refractivity (Wildman–Crippen MR) is 80.1 cm³/mol. The number of nitrogens with one attached hydrogen (secondary N) is 1. The van der Waals surface area contributed by atoms with Crippen LogP contribution in [0.2, 0.25) is 10.0 Å². The number of hydrogen-bond acceptors (Lipinski definition) is 4. The van der Waals surface area contributed by atoms with Crippen molar-refractivity contribution in [3.8, 4) is 11.8 Å². The van der Waals surface area contributed by atoms with Gasteiger partial charge in [0.2, 0.25) is 0 Å². The molecule has 0 heterocycles. The third kappa shape index (κ3) is 3.22. The molecule has 0 amide bonds. The SMILES string of the molecule is N#Cc1ccccc1NS(=O)(=O)c1cc(Cl)cc(Cl)c1O. The van der Waals surface area contributed by atoms with Gasteiger partial charge in [-0.1, -0.05) is 35.3 Å². The van der Waals surface area contributed by atoms with E-state index in [4.69, 9.17) is 28.5 Å². The van der Waals surface area contributed by atoms with Gasteiger partial charge >= 0.3 is 0 Å². The lowest BCUT2D eigenvalue weighted by Gasteiger charge is -2.11. The number of para-hydroxylation sites is 1. The van der Waals surface area contributed by atoms with Crippen molar-refractivity contribution in [2.75, 3.05) is 4.72 Å². The third-order valence-electron chi connectivity index (χ3n) is 2.57. The fraction of sp³-hybridized carbons (Fsp3) is 0. The first-order valence-corrected chi connectivity index (χ1v) is 7.79. The monoisotopic (exact) mass is 342 g/mol. The maximum absolute atomic E-state index is 12.3. The van der Waals surface area contributed by atoms with Gasteiger partial charge in [0, 0.05) is 5.02 Å². The van der Waals surface area contributed by atoms with E-state index in [0.29, 0.717) is 0 Å². The molecule has 0 saturated heterocycles. The molecular weight excluding hydrogens is 335 g/mol. The Bertz CT molecular complexity index is 845. The number of phenolic OH excluding ortho intramolecular Hbond substituents is 1. The quantitative estimate of drug-likeness (QED) is 0.894. The Labute approximate surface area is 131 Å². The number of anilines is 1. The predicted octanol–water partition coefficient (Wildman–Crippen LogP) is 3.37. The molecule has 0 bridgehead atoms. The minimum Gasteiger partial charge on any atom is -0.505 e. The largest absolute Gasteiger partial charge is 0.505 e. The molecule has 0 spiro atoms. The summed E-state index contributed by atoms with van der Waals surface area (Å²) in [5.74, 6) is -0.608. The van der Waals surface area contributed by atoms with E-state index >= 15 is 0 Å². The molecule has 0 aliphatic heterocycles. The highest BCUT2D eigenvalue weighted by atomic mass is 35.5. The van der Waals surface area contributed by atoms with Gasteiger partial charge in [-0.2, -0.15) is 5.26 Å². The van der Waals surface area contributed by atoms with Crippen molar-refractivity contribution in [2.45, 2.75) is 4.90 Å². The number of benzene rings is 2. The van der Waals surface area contributed by atoms with Crippen molar-refractivity contribution >= 4 is 38.9 Å². The minimum absolute atomic E-state index is 0.0618. The average Bonchev–Trinajstić information content (AvgIpc) is 2.43. The molecule has 0 atom stereocenters. The lowest BCUT2D eigenvalue weighted by atomic mass is 10.2. The molecule has 2 rings (SSSR count). The van der Waals surface area contributed by atoms with Crippen LogP contribution < -0.4 is 4.72 Å². The van der Waals surface area contributed by atoms with Crippen molar-refractivity contribution in [1.82, 2.24) is 0 Å². The van der Waals surface area contributed by atoms with Crippen LogP contribution >= 0.6 is 23.2 Å². The highest BCUT2D eigenvalue weighted by Gasteiger charge is 2.22. The van der Waals surface area contributed by atoms with Crippen molar-refractivity contribution in [3.63, 3.8) is 0 Å². The molecule has 0 aromatic heterocycles. The molecule has 21 heavy (non-hydrogen) atoms. The zero-order chi connectivity index (χ0) is 15.6. The van der Waals surface area contributed by atoms with E-state index in [1.807, 2.05) is 6.07 Å². The number of nitrogens with zero attached hydrogens (tertiary/aromatic N) is 1. The van der Waals surface area contributed by atoms with Crippen LogP contribution in [-0.4, -0.2) is 13.5 Å². The molecule has 2 aromatic carbocycles. The van der Waals surface area contributed by atoms with Crippen LogP contribution in [0, 0.1) is 11.3 Å². The van der Waals surface area contributed by atoms with Crippen LogP contribution in [0.5, 0.6) is 5.75 Å². The summed E-state index contributed by atoms with van der Waals surface area (Å²) in [7, 11) is -4.14. The first-order valence-electron chi connectivity index (χ1n) is 5.55. The van der Waals surface area contributed by atoms with Crippen molar-refractivity contribution in [3.05, 3.63) is 52.0 Å². The van der Waals surface area contributed by atoms with Gasteiger partial charge in [0.05, 0.1) is 16.3 Å². The Hall–Kier alpha value is -1.94. The van der Waals surface area contributed by atoms with E-state index in [9.17, 15) is 13.5 Å². The Morgan fingerprint density at radius 2 is 1.86 bits per heavy atom. The first-order chi connectivity index (χ1) is 9.85. The minimum atomic E-state index is -4.14. The summed E-state index contributed by atoms with van der Waals surface area (Å²) in [5.41, 5.74) is 0.240. The van der Waals surface area contributed by atoms with Crippen molar-refractivity contribution < 1.29 is 13.5 Å². The van der Waals surface area contributed by atoms with Crippen LogP contribution in [0.1, 0.15) is 5.56 Å². The van der Waals surface area contributed by atoms with Crippen LogP contribution in [0.25, 0.3) is 0 Å². The molecule has 108 valence electrons. The Kier molecular flexibility index (Phi) is 4.28. The van der Waals surface area contributed by atoms with E-state index in [2.05, 4.69) is 4.72 Å². The molecule has 8 heteroatoms. The Morgan fingerprint density at radius 1 is 1.19 bits per heavy atom. The smallest absolute Gasteiger partial charge is 0.265 e. The molecule has 0 aliphatic rings. The fourth-order valence-electron chi connectivity index (χ4n) is 1.62. The van der Waals surface area contributed by atoms with E-state index in [1.165, 1.54) is 18.2 Å². The van der Waals surface area contributed by atoms with E-state index in [0.717, 1.165) is 6.07 Å². The number of hydrogen-bond donors (Lipinski definition) is 2. The number of nitriles is 1. The molecule has 5 nitrogen and oxygen atoms in total. The molecule has 0 radical (unpaired) electrons. The average molecular weight is 343 g/mol. The van der Waals surface area contributed by atoms with Gasteiger partial charge in [-0.15, -0.1) is 0 Å². The number of halogens is 2. The van der Waals surface area contributed by atoms with Crippen LogP contribution in [0.15, 0.2) is 41.3 Å². The topological polar surface area (TPSA) is 90.2 Å². The highest BCUT2D eigenvalue weighted by molar-refractivity contribution is 7.92. The highest BCUT2D eigenvalue weighted by Crippen LogP contribution is 2.35. The van der Waals surface area contributed by atoms with Gasteiger partial charge in [0.25, 0.3) is 10.0 Å². The number of rotatable bonds is 3. The molecule has 0 saturated carbocycles. The summed E-state index contributed by atoms with van der Waals surface area (Å²) < 4.78 is 26.8. The molecule has 0 aliphatic carbocycles. The van der Waals surface area contributed by atoms with Gasteiger partial charge in [-0.25, -0.2) is 8.42 Å². The van der Waals surface area contributed by atoms with Gasteiger partial charge < -0.3 is 5.11 Å². The van der Waals surface area contributed by atoms with Gasteiger partial charge in [-0.3, -0.25) is 4.72 Å². The molecular formula is C13H8Cl2N2O3S. The maximum Gasteiger partial charge on any atom is 0.265 e. The lowest BCUT2D eigenvalue weighted by Crippen LogP contribution is -2.14. The Morgan fingerprint density at radius 3 is 2.52 bits per heavy atom. The Balaban J connectivity index is 2.52. The summed E-state index contributed by atoms with van der Waals surface area (Å²) in [6.45, 7) is 0. The zero-order valence-electron chi connectivity index (χ0n) is 10.3. The second-order valence-electron chi connectivity index (χ2n) is 4.00. The molecule has 2 aromatic rings. The second kappa shape index (κ2) is 5.82. The van der Waals surface area contributed by atoms with Crippen molar-refractivity contribution in [2.24, 2.45) is 0 Å². The lowest BCUT2D eigenvalue weighted by molar-refractivity contribution is 0.459. The normalized spacial score (nSPS) is 10.9. The van der Waals surface area contributed by atoms with Crippen molar-refractivity contribution in [1.29, 1.82) is 5.26 Å². The maximum atomic E-state index is 12.3. The summed E-state index contributed by atoms with van der Waals surface area (Å²) in [5, 5.41) is 18.6. The first kappa shape index (κ1) is 15.4. The van der Waals surface area contributed by atoms with E-state index < -0.39 is 20.7 Å². The van der Waals surface area contributed by atoms with Crippen LogP contribution in [0.3, 0.4) is 0 Å². The van der Waals surface area contributed by atoms with Gasteiger partial charge in [0.1, 0.15) is 11.0 Å². The zero-order valence-corrected chi connectivity index (χ0v) is 12.7. The van der Waals surface area contributed by atoms with Crippen LogP contribution in [-0.2, 0) is 10.0 Å². The van der Waals surface area contributed by atoms with Gasteiger partial charge in [-0.05, 0) is 24.3 Å². The van der Waals surface area contributed by atoms with E-state index in [-0.39, 0.29) is 21.3 Å². The number of phenols is 1. The van der Waals surface area contributed by atoms with E-state index in [1.54, 1.807) is 12.1 Å². The molecule has 0 fully saturated rings. The fourth-order valence-corrected chi connectivity index (χ4v) is 3.45. The molecule has 2 N–H and O–H groups in total. The second-order valence-corrected chi connectivity index (χ2v) is 6.49. The summed E-state index contributed by atoms with van der Waals surface area (Å²) in [4.78, 5) is -0.465. The standard InChI is InChI=1S/C13H8Cl2N2O3S/c14-9-5-10(15)13(18)12(6-9)21(19,20)17-11-4-2-1-3-8(11)7-16/h1-6,17-18H. The number of aromatic hydroxyl groups is 1. The summed E-state index contributed by atoms with van der Waals surface area (Å²) in [6, 6.07) is 10.2.